The lowest BCUT2D eigenvalue weighted by Gasteiger charge is -2.31. The molecule has 1 amide bonds. The number of ether oxygens (including phenoxy) is 1. The molecule has 1 unspecified atom stereocenters. The molecule has 0 aromatic carbocycles. The number of carbonyl (C=O) groups excluding carboxylic acids is 1. The number of rotatable bonds is 1. The highest BCUT2D eigenvalue weighted by atomic mass is 32.2. The zero-order valence-electron chi connectivity index (χ0n) is 8.41. The minimum atomic E-state index is 0.284. The normalized spacial score (nSPS) is 28.9. The summed E-state index contributed by atoms with van der Waals surface area (Å²) in [5, 5.41) is 0. The maximum Gasteiger partial charge on any atom is 0.226 e. The van der Waals surface area contributed by atoms with Crippen molar-refractivity contribution in [3.05, 3.63) is 0 Å². The van der Waals surface area contributed by atoms with E-state index in [1.165, 1.54) is 12.2 Å². The van der Waals surface area contributed by atoms with Gasteiger partial charge in [-0.3, -0.25) is 4.79 Å². The van der Waals surface area contributed by atoms with Crippen molar-refractivity contribution in [3.8, 4) is 0 Å². The maximum absolute atomic E-state index is 12.0. The Morgan fingerprint density at radius 1 is 1.36 bits per heavy atom. The van der Waals surface area contributed by atoms with Crippen molar-refractivity contribution in [3.63, 3.8) is 0 Å². The quantitative estimate of drug-likeness (QED) is 0.653. The lowest BCUT2D eigenvalue weighted by Crippen LogP contribution is -2.44. The summed E-state index contributed by atoms with van der Waals surface area (Å²) in [4.78, 5) is 14.0. The van der Waals surface area contributed by atoms with Crippen LogP contribution in [0, 0.1) is 5.92 Å². The molecule has 0 aromatic rings. The van der Waals surface area contributed by atoms with E-state index in [2.05, 4.69) is 0 Å². The Hall–Kier alpha value is -0.220. The molecule has 0 aromatic heterocycles. The van der Waals surface area contributed by atoms with Crippen molar-refractivity contribution in [2.24, 2.45) is 5.92 Å². The number of hydrogen-bond acceptors (Lipinski definition) is 3. The van der Waals surface area contributed by atoms with E-state index in [-0.39, 0.29) is 5.92 Å². The zero-order chi connectivity index (χ0) is 9.80. The summed E-state index contributed by atoms with van der Waals surface area (Å²) in [5.74, 6) is 2.90. The molecule has 14 heavy (non-hydrogen) atoms. The summed E-state index contributed by atoms with van der Waals surface area (Å²) >= 11 is 1.92. The highest BCUT2D eigenvalue weighted by Crippen LogP contribution is 2.24. The highest BCUT2D eigenvalue weighted by Gasteiger charge is 2.26. The molecule has 0 spiro atoms. The van der Waals surface area contributed by atoms with Crippen LogP contribution in [0.15, 0.2) is 0 Å². The molecular formula is C10H17NO2S. The molecule has 2 heterocycles. The smallest absolute Gasteiger partial charge is 0.226 e. The fourth-order valence-electron chi connectivity index (χ4n) is 1.98. The molecule has 4 heteroatoms. The Morgan fingerprint density at radius 2 is 2.14 bits per heavy atom. The Labute approximate surface area is 89.2 Å². The van der Waals surface area contributed by atoms with Crippen LogP contribution in [0.4, 0.5) is 0 Å². The van der Waals surface area contributed by atoms with E-state index in [1.807, 2.05) is 16.7 Å². The number of hydrogen-bond donors (Lipinski definition) is 0. The van der Waals surface area contributed by atoms with E-state index in [0.717, 1.165) is 25.3 Å². The van der Waals surface area contributed by atoms with Gasteiger partial charge in [-0.15, -0.1) is 0 Å². The Bertz CT molecular complexity index is 178. The maximum atomic E-state index is 12.0. The van der Waals surface area contributed by atoms with Gasteiger partial charge in [0.25, 0.3) is 0 Å². The van der Waals surface area contributed by atoms with Gasteiger partial charge >= 0.3 is 0 Å². The van der Waals surface area contributed by atoms with E-state index >= 15 is 0 Å². The standard InChI is InChI=1S/C10H17NO2S/c12-10(9-2-1-7-14-8-9)11-3-5-13-6-4-11/h9H,1-8H2. The molecule has 3 nitrogen and oxygen atoms in total. The van der Waals surface area contributed by atoms with E-state index in [4.69, 9.17) is 4.74 Å². The van der Waals surface area contributed by atoms with Gasteiger partial charge in [0, 0.05) is 24.8 Å². The van der Waals surface area contributed by atoms with Gasteiger partial charge in [0.1, 0.15) is 0 Å². The molecule has 0 bridgehead atoms. The van der Waals surface area contributed by atoms with Gasteiger partial charge in [-0.05, 0) is 18.6 Å². The van der Waals surface area contributed by atoms with Crippen LogP contribution in [0.5, 0.6) is 0 Å². The molecule has 1 atom stereocenters. The first kappa shape index (κ1) is 10.3. The third-order valence-electron chi connectivity index (χ3n) is 2.83. The Balaban J connectivity index is 1.85. The first-order chi connectivity index (χ1) is 6.88. The van der Waals surface area contributed by atoms with Crippen LogP contribution >= 0.6 is 11.8 Å². The van der Waals surface area contributed by atoms with Crippen molar-refractivity contribution in [1.82, 2.24) is 4.90 Å². The van der Waals surface area contributed by atoms with E-state index in [0.29, 0.717) is 19.1 Å². The van der Waals surface area contributed by atoms with Gasteiger partial charge < -0.3 is 9.64 Å². The van der Waals surface area contributed by atoms with Crippen LogP contribution < -0.4 is 0 Å². The molecule has 0 N–H and O–H groups in total. The Kier molecular flexibility index (Phi) is 3.70. The SMILES string of the molecule is O=C(C1CCCSC1)N1CCOCC1. The predicted molar refractivity (Wildman–Crippen MR) is 57.4 cm³/mol. The number of morpholine rings is 1. The lowest BCUT2D eigenvalue weighted by molar-refractivity contribution is -0.139. The topological polar surface area (TPSA) is 29.5 Å². The van der Waals surface area contributed by atoms with Crippen molar-refractivity contribution in [2.45, 2.75) is 12.8 Å². The first-order valence-electron chi connectivity index (χ1n) is 5.32. The predicted octanol–water partition coefficient (Wildman–Crippen LogP) is 0.988. The van der Waals surface area contributed by atoms with Gasteiger partial charge in [-0.25, -0.2) is 0 Å². The number of amides is 1. The molecule has 2 fully saturated rings. The zero-order valence-corrected chi connectivity index (χ0v) is 9.22. The highest BCUT2D eigenvalue weighted by molar-refractivity contribution is 7.99. The average molecular weight is 215 g/mol. The van der Waals surface area contributed by atoms with Gasteiger partial charge in [0.05, 0.1) is 13.2 Å². The van der Waals surface area contributed by atoms with Crippen LogP contribution in [0.2, 0.25) is 0 Å². The van der Waals surface area contributed by atoms with Crippen LogP contribution in [0.3, 0.4) is 0 Å². The van der Waals surface area contributed by atoms with E-state index in [1.54, 1.807) is 0 Å². The first-order valence-corrected chi connectivity index (χ1v) is 6.47. The molecule has 2 aliphatic heterocycles. The summed E-state index contributed by atoms with van der Waals surface area (Å²) in [5.41, 5.74) is 0. The third-order valence-corrected chi connectivity index (χ3v) is 4.05. The summed E-state index contributed by atoms with van der Waals surface area (Å²) in [6.45, 7) is 3.01. The summed E-state index contributed by atoms with van der Waals surface area (Å²) in [6.07, 6.45) is 2.29. The van der Waals surface area contributed by atoms with Crippen molar-refractivity contribution in [1.29, 1.82) is 0 Å². The van der Waals surface area contributed by atoms with Crippen LogP contribution in [0.1, 0.15) is 12.8 Å². The second-order valence-corrected chi connectivity index (χ2v) is 5.00. The van der Waals surface area contributed by atoms with Gasteiger partial charge in [-0.1, -0.05) is 0 Å². The molecule has 2 rings (SSSR count). The third kappa shape index (κ3) is 2.42. The van der Waals surface area contributed by atoms with Crippen LogP contribution in [-0.4, -0.2) is 48.6 Å². The van der Waals surface area contributed by atoms with Crippen molar-refractivity contribution in [2.75, 3.05) is 37.8 Å². The molecule has 0 aliphatic carbocycles. The molecule has 0 saturated carbocycles. The Morgan fingerprint density at radius 3 is 2.79 bits per heavy atom. The largest absolute Gasteiger partial charge is 0.378 e. The monoisotopic (exact) mass is 215 g/mol. The second-order valence-electron chi connectivity index (χ2n) is 3.85. The summed E-state index contributed by atoms with van der Waals surface area (Å²) in [7, 11) is 0. The minimum absolute atomic E-state index is 0.284. The number of carbonyl (C=O) groups is 1. The van der Waals surface area contributed by atoms with Gasteiger partial charge in [0.15, 0.2) is 0 Å². The van der Waals surface area contributed by atoms with Gasteiger partial charge in [0.2, 0.25) is 5.91 Å². The lowest BCUT2D eigenvalue weighted by atomic mass is 10.0. The number of thioether (sulfide) groups is 1. The summed E-state index contributed by atoms with van der Waals surface area (Å²) < 4.78 is 5.24. The number of nitrogens with zero attached hydrogens (tertiary/aromatic N) is 1. The summed E-state index contributed by atoms with van der Waals surface area (Å²) in [6, 6.07) is 0. The minimum Gasteiger partial charge on any atom is -0.378 e. The molecule has 2 saturated heterocycles. The van der Waals surface area contributed by atoms with Gasteiger partial charge in [-0.2, -0.15) is 11.8 Å². The van der Waals surface area contributed by atoms with Crippen molar-refractivity contribution >= 4 is 17.7 Å². The van der Waals surface area contributed by atoms with E-state index in [9.17, 15) is 4.79 Å². The fourth-order valence-corrected chi connectivity index (χ4v) is 3.11. The average Bonchev–Trinajstić information content (AvgIpc) is 2.30. The van der Waals surface area contributed by atoms with Crippen LogP contribution in [0.25, 0.3) is 0 Å². The van der Waals surface area contributed by atoms with E-state index < -0.39 is 0 Å². The molecule has 2 aliphatic rings. The van der Waals surface area contributed by atoms with Crippen LogP contribution in [-0.2, 0) is 9.53 Å². The fraction of sp³-hybridized carbons (Fsp3) is 0.900. The second kappa shape index (κ2) is 5.03. The molecular weight excluding hydrogens is 198 g/mol. The molecule has 80 valence electrons. The van der Waals surface area contributed by atoms with Crippen molar-refractivity contribution < 1.29 is 9.53 Å². The molecule has 0 radical (unpaired) electrons.